The summed E-state index contributed by atoms with van der Waals surface area (Å²) in [4.78, 5) is 14.1. The third kappa shape index (κ3) is 4.97. The van der Waals surface area contributed by atoms with Crippen molar-refractivity contribution in [2.24, 2.45) is 5.92 Å². The molecule has 1 aliphatic heterocycles. The molecule has 1 heterocycles. The van der Waals surface area contributed by atoms with E-state index in [2.05, 4.69) is 17.1 Å². The minimum Gasteiger partial charge on any atom is -0.383 e. The van der Waals surface area contributed by atoms with Crippen LogP contribution in [0.1, 0.15) is 32.3 Å². The largest absolute Gasteiger partial charge is 0.383 e. The fourth-order valence-electron chi connectivity index (χ4n) is 2.77. The van der Waals surface area contributed by atoms with E-state index in [0.29, 0.717) is 5.92 Å². The molecule has 1 aliphatic rings. The molecule has 1 aromatic rings. The molecule has 0 saturated carbocycles. The number of halogens is 2. The van der Waals surface area contributed by atoms with Gasteiger partial charge in [-0.2, -0.15) is 0 Å². The molecule has 1 atom stereocenters. The van der Waals surface area contributed by atoms with Gasteiger partial charge < -0.3 is 10.4 Å². The minimum atomic E-state index is -1.59. The Morgan fingerprint density at radius 2 is 2.04 bits per heavy atom. The Morgan fingerprint density at radius 3 is 2.65 bits per heavy atom. The first-order chi connectivity index (χ1) is 10.8. The van der Waals surface area contributed by atoms with Crippen molar-refractivity contribution in [2.75, 3.05) is 26.2 Å². The average molecular weight is 326 g/mol. The lowest BCUT2D eigenvalue weighted by atomic mass is 9.95. The normalized spacial score (nSPS) is 19.3. The molecule has 6 heteroatoms. The summed E-state index contributed by atoms with van der Waals surface area (Å²) in [7, 11) is 0. The predicted molar refractivity (Wildman–Crippen MR) is 83.8 cm³/mol. The number of likely N-dealkylation sites (tertiary alicyclic amines) is 1. The molecule has 1 amide bonds. The van der Waals surface area contributed by atoms with Crippen molar-refractivity contribution in [2.45, 2.75) is 32.3 Å². The van der Waals surface area contributed by atoms with Gasteiger partial charge >= 0.3 is 0 Å². The van der Waals surface area contributed by atoms with Crippen molar-refractivity contribution in [1.29, 1.82) is 0 Å². The van der Waals surface area contributed by atoms with Gasteiger partial charge in [0.2, 0.25) is 5.91 Å². The van der Waals surface area contributed by atoms with Gasteiger partial charge in [-0.25, -0.2) is 8.78 Å². The van der Waals surface area contributed by atoms with Crippen LogP contribution in [0.4, 0.5) is 8.78 Å². The van der Waals surface area contributed by atoms with Crippen molar-refractivity contribution in [1.82, 2.24) is 10.2 Å². The number of benzene rings is 1. The van der Waals surface area contributed by atoms with Crippen LogP contribution in [0.5, 0.6) is 0 Å². The number of amides is 1. The highest BCUT2D eigenvalue weighted by Crippen LogP contribution is 2.23. The maximum atomic E-state index is 13.8. The second kappa shape index (κ2) is 7.36. The summed E-state index contributed by atoms with van der Waals surface area (Å²) in [5, 5.41) is 13.0. The Hall–Kier alpha value is -1.53. The summed E-state index contributed by atoms with van der Waals surface area (Å²) >= 11 is 0. The van der Waals surface area contributed by atoms with E-state index >= 15 is 0 Å². The maximum Gasteiger partial charge on any atom is 0.234 e. The molecule has 128 valence electrons. The highest BCUT2D eigenvalue weighted by Gasteiger charge is 2.28. The zero-order valence-electron chi connectivity index (χ0n) is 13.6. The van der Waals surface area contributed by atoms with Crippen molar-refractivity contribution in [3.05, 3.63) is 35.4 Å². The van der Waals surface area contributed by atoms with E-state index in [9.17, 15) is 18.7 Å². The number of hydrogen-bond donors (Lipinski definition) is 2. The number of hydrogen-bond acceptors (Lipinski definition) is 3. The second-order valence-electron chi connectivity index (χ2n) is 6.63. The first-order valence-corrected chi connectivity index (χ1v) is 7.95. The van der Waals surface area contributed by atoms with Crippen LogP contribution in [0.15, 0.2) is 18.2 Å². The molecule has 0 radical (unpaired) electrons. The number of nitrogens with one attached hydrogen (secondary N) is 1. The quantitative estimate of drug-likeness (QED) is 0.870. The number of rotatable bonds is 5. The van der Waals surface area contributed by atoms with Crippen molar-refractivity contribution in [3.8, 4) is 0 Å². The van der Waals surface area contributed by atoms with E-state index in [0.717, 1.165) is 38.1 Å². The Bertz CT molecular complexity index is 556. The van der Waals surface area contributed by atoms with E-state index < -0.39 is 17.2 Å². The van der Waals surface area contributed by atoms with Crippen LogP contribution in [0.25, 0.3) is 0 Å². The first kappa shape index (κ1) is 17.8. The number of aliphatic hydroxyl groups is 1. The van der Waals surface area contributed by atoms with Gasteiger partial charge in [-0.1, -0.05) is 13.0 Å². The van der Waals surface area contributed by atoms with Crippen molar-refractivity contribution in [3.63, 3.8) is 0 Å². The molecule has 0 aliphatic carbocycles. The first-order valence-electron chi connectivity index (χ1n) is 7.95. The molecular formula is C17H24F2N2O2. The van der Waals surface area contributed by atoms with Crippen LogP contribution >= 0.6 is 0 Å². The molecule has 0 spiro atoms. The molecule has 1 unspecified atom stereocenters. The van der Waals surface area contributed by atoms with Gasteiger partial charge in [-0.15, -0.1) is 0 Å². The number of nitrogens with zero attached hydrogens (tertiary/aromatic N) is 1. The van der Waals surface area contributed by atoms with Crippen LogP contribution in [-0.4, -0.2) is 42.1 Å². The van der Waals surface area contributed by atoms with Gasteiger partial charge in [0.15, 0.2) is 0 Å². The summed E-state index contributed by atoms with van der Waals surface area (Å²) in [6.07, 6.45) is 2.15. The second-order valence-corrected chi connectivity index (χ2v) is 6.63. The molecule has 0 bridgehead atoms. The van der Waals surface area contributed by atoms with Crippen LogP contribution in [0, 0.1) is 17.6 Å². The van der Waals surface area contributed by atoms with Crippen LogP contribution in [-0.2, 0) is 10.4 Å². The van der Waals surface area contributed by atoms with Gasteiger partial charge in [0, 0.05) is 11.6 Å². The van der Waals surface area contributed by atoms with E-state index in [-0.39, 0.29) is 24.6 Å². The molecular weight excluding hydrogens is 302 g/mol. The highest BCUT2D eigenvalue weighted by atomic mass is 19.1. The predicted octanol–water partition coefficient (Wildman–Crippen LogP) is 2.02. The average Bonchev–Trinajstić information content (AvgIpc) is 2.47. The van der Waals surface area contributed by atoms with Crippen LogP contribution in [0.2, 0.25) is 0 Å². The molecule has 2 rings (SSSR count). The Labute approximate surface area is 135 Å². The highest BCUT2D eigenvalue weighted by molar-refractivity contribution is 5.78. The monoisotopic (exact) mass is 326 g/mol. The number of piperidine rings is 1. The summed E-state index contributed by atoms with van der Waals surface area (Å²) in [6, 6.07) is 3.01. The summed E-state index contributed by atoms with van der Waals surface area (Å²) in [5.74, 6) is -1.04. The molecule has 2 N–H and O–H groups in total. The van der Waals surface area contributed by atoms with Gasteiger partial charge in [0.05, 0.1) is 13.1 Å². The molecule has 1 aromatic carbocycles. The fourth-order valence-corrected chi connectivity index (χ4v) is 2.77. The van der Waals surface area contributed by atoms with Gasteiger partial charge in [0.25, 0.3) is 0 Å². The molecule has 1 saturated heterocycles. The zero-order chi connectivity index (χ0) is 17.0. The third-order valence-electron chi connectivity index (χ3n) is 4.38. The SMILES string of the molecule is CC1CCN(CC(=O)NCC(C)(O)c2ccc(F)cc2F)CC1. The summed E-state index contributed by atoms with van der Waals surface area (Å²) < 4.78 is 26.7. The Morgan fingerprint density at radius 1 is 1.39 bits per heavy atom. The molecule has 0 aromatic heterocycles. The fraction of sp³-hybridized carbons (Fsp3) is 0.588. The molecule has 23 heavy (non-hydrogen) atoms. The van der Waals surface area contributed by atoms with Crippen molar-refractivity contribution >= 4 is 5.91 Å². The molecule has 1 fully saturated rings. The van der Waals surface area contributed by atoms with Crippen LogP contribution < -0.4 is 5.32 Å². The summed E-state index contributed by atoms with van der Waals surface area (Å²) in [5.41, 5.74) is -1.63. The van der Waals surface area contributed by atoms with E-state index in [1.165, 1.54) is 13.0 Å². The van der Waals surface area contributed by atoms with E-state index in [1.54, 1.807) is 0 Å². The van der Waals surface area contributed by atoms with Crippen LogP contribution in [0.3, 0.4) is 0 Å². The third-order valence-corrected chi connectivity index (χ3v) is 4.38. The summed E-state index contributed by atoms with van der Waals surface area (Å²) in [6.45, 7) is 5.51. The minimum absolute atomic E-state index is 0.0361. The lowest BCUT2D eigenvalue weighted by molar-refractivity contribution is -0.123. The lowest BCUT2D eigenvalue weighted by Crippen LogP contribution is -2.45. The van der Waals surface area contributed by atoms with Gasteiger partial charge in [0.1, 0.15) is 17.2 Å². The zero-order valence-corrected chi connectivity index (χ0v) is 13.6. The number of carbonyl (C=O) groups is 1. The van der Waals surface area contributed by atoms with E-state index in [1.807, 2.05) is 0 Å². The smallest absolute Gasteiger partial charge is 0.234 e. The maximum absolute atomic E-state index is 13.8. The standard InChI is InChI=1S/C17H24F2N2O2/c1-12-5-7-21(8-6-12)10-16(22)20-11-17(2,23)14-4-3-13(18)9-15(14)19/h3-4,9,12,23H,5-8,10-11H2,1-2H3,(H,20,22). The van der Waals surface area contributed by atoms with Gasteiger partial charge in [-0.05, 0) is 44.8 Å². The van der Waals surface area contributed by atoms with Gasteiger partial charge in [-0.3, -0.25) is 9.69 Å². The topological polar surface area (TPSA) is 52.6 Å². The van der Waals surface area contributed by atoms with Crippen molar-refractivity contribution < 1.29 is 18.7 Å². The molecule has 4 nitrogen and oxygen atoms in total. The number of carbonyl (C=O) groups excluding carboxylic acids is 1. The van der Waals surface area contributed by atoms with E-state index in [4.69, 9.17) is 0 Å². The Kier molecular flexibility index (Phi) is 5.70. The lowest BCUT2D eigenvalue weighted by Gasteiger charge is -2.30. The Balaban J connectivity index is 1.87.